The number of aromatic amines is 1. The smallest absolute Gasteiger partial charge is 0.270 e. The number of aromatic nitrogens is 3. The minimum atomic E-state index is 0.122. The third-order valence-electron chi connectivity index (χ3n) is 5.72. The summed E-state index contributed by atoms with van der Waals surface area (Å²) >= 11 is 1.50. The maximum atomic E-state index is 12.5. The highest BCUT2D eigenvalue weighted by atomic mass is 32.1. The number of carbonyl (C=O) groups excluding carboxylic acids is 1. The highest BCUT2D eigenvalue weighted by Crippen LogP contribution is 2.51. The normalized spacial score (nSPS) is 22.5. The molecule has 1 spiro atoms. The molecule has 4 rings (SSSR count). The average Bonchev–Trinajstić information content (AvgIpc) is 3.23. The van der Waals surface area contributed by atoms with Crippen LogP contribution in [0, 0.1) is 18.3 Å². The van der Waals surface area contributed by atoms with Gasteiger partial charge in [0.15, 0.2) is 0 Å². The molecule has 4 heterocycles. The first-order valence-electron chi connectivity index (χ1n) is 9.00. The number of likely N-dealkylation sites (tertiary alicyclic amines) is 1. The molecule has 2 saturated heterocycles. The van der Waals surface area contributed by atoms with Crippen LogP contribution in [0.5, 0.6) is 0 Å². The fourth-order valence-electron chi connectivity index (χ4n) is 4.65. The number of anilines is 1. The first kappa shape index (κ1) is 16.6. The number of aryl methyl sites for hydroxylation is 1. The number of nitrogens with zero attached hydrogens (tertiary/aromatic N) is 4. The summed E-state index contributed by atoms with van der Waals surface area (Å²) in [5, 5.41) is 1.05. The number of rotatable bonds is 3. The zero-order chi connectivity index (χ0) is 17.6. The average molecular weight is 359 g/mol. The van der Waals surface area contributed by atoms with Gasteiger partial charge in [0.2, 0.25) is 5.13 Å². The molecule has 6 nitrogen and oxygen atoms in total. The molecule has 1 unspecified atom stereocenters. The van der Waals surface area contributed by atoms with Gasteiger partial charge in [-0.25, -0.2) is 4.98 Å². The highest BCUT2D eigenvalue weighted by Gasteiger charge is 2.55. The summed E-state index contributed by atoms with van der Waals surface area (Å²) < 4.78 is 4.34. The van der Waals surface area contributed by atoms with Crippen molar-refractivity contribution < 1.29 is 4.79 Å². The van der Waals surface area contributed by atoms with Gasteiger partial charge in [-0.3, -0.25) is 4.79 Å². The topological polar surface area (TPSA) is 65.1 Å². The van der Waals surface area contributed by atoms with Crippen molar-refractivity contribution in [3.05, 3.63) is 29.8 Å². The standard InChI is InChI=1S/C18H25N5OS/c1-12(2)15-18(11-23(15)17-20-13(3)21-25-17)6-9-22(10-7-18)16(24)14-5-4-8-19-14/h4-5,8,12,15,19H,6-7,9-11H2,1-3H3. The van der Waals surface area contributed by atoms with Crippen LogP contribution in [0.4, 0.5) is 5.13 Å². The van der Waals surface area contributed by atoms with E-state index in [-0.39, 0.29) is 5.91 Å². The Morgan fingerprint density at radius 2 is 2.16 bits per heavy atom. The highest BCUT2D eigenvalue weighted by molar-refractivity contribution is 7.09. The van der Waals surface area contributed by atoms with Crippen molar-refractivity contribution in [1.82, 2.24) is 19.2 Å². The molecule has 7 heteroatoms. The van der Waals surface area contributed by atoms with Crippen LogP contribution in [-0.4, -0.2) is 50.8 Å². The van der Waals surface area contributed by atoms with E-state index in [1.165, 1.54) is 11.5 Å². The van der Waals surface area contributed by atoms with Gasteiger partial charge in [-0.1, -0.05) is 13.8 Å². The van der Waals surface area contributed by atoms with Crippen molar-refractivity contribution in [2.24, 2.45) is 11.3 Å². The molecule has 2 aromatic heterocycles. The lowest BCUT2D eigenvalue weighted by molar-refractivity contribution is 0.0135. The molecule has 2 aliphatic rings. The van der Waals surface area contributed by atoms with E-state index >= 15 is 0 Å². The van der Waals surface area contributed by atoms with E-state index in [9.17, 15) is 4.79 Å². The van der Waals surface area contributed by atoms with Gasteiger partial charge in [0, 0.05) is 48.8 Å². The van der Waals surface area contributed by atoms with E-state index in [0.29, 0.717) is 23.1 Å². The van der Waals surface area contributed by atoms with Crippen LogP contribution in [0.2, 0.25) is 0 Å². The number of amides is 1. The predicted octanol–water partition coefficient (Wildman–Crippen LogP) is 2.94. The first-order chi connectivity index (χ1) is 12.0. The van der Waals surface area contributed by atoms with Crippen molar-refractivity contribution in [2.75, 3.05) is 24.5 Å². The second-order valence-corrected chi connectivity index (χ2v) is 8.41. The van der Waals surface area contributed by atoms with E-state index in [1.54, 1.807) is 6.20 Å². The monoisotopic (exact) mass is 359 g/mol. The molecular weight excluding hydrogens is 334 g/mol. The molecule has 1 atom stereocenters. The second kappa shape index (κ2) is 6.12. The molecule has 1 amide bonds. The SMILES string of the molecule is Cc1nsc(N2CC3(CCN(C(=O)c4ccc[nH]4)CC3)C2C(C)C)n1. The fraction of sp³-hybridized carbons (Fsp3) is 0.611. The molecular formula is C18H25N5OS. The van der Waals surface area contributed by atoms with Crippen molar-refractivity contribution in [2.45, 2.75) is 39.7 Å². The van der Waals surface area contributed by atoms with E-state index in [4.69, 9.17) is 0 Å². The van der Waals surface area contributed by atoms with E-state index in [2.05, 4.69) is 33.1 Å². The molecule has 0 bridgehead atoms. The minimum absolute atomic E-state index is 0.122. The van der Waals surface area contributed by atoms with Crippen molar-refractivity contribution in [3.63, 3.8) is 0 Å². The van der Waals surface area contributed by atoms with Crippen LogP contribution in [-0.2, 0) is 0 Å². The summed E-state index contributed by atoms with van der Waals surface area (Å²) in [6.45, 7) is 9.25. The number of piperidine rings is 1. The maximum absolute atomic E-state index is 12.5. The lowest BCUT2D eigenvalue weighted by atomic mass is 9.62. The first-order valence-corrected chi connectivity index (χ1v) is 9.77. The van der Waals surface area contributed by atoms with Crippen LogP contribution in [0.3, 0.4) is 0 Å². The van der Waals surface area contributed by atoms with Gasteiger partial charge in [0.25, 0.3) is 5.91 Å². The van der Waals surface area contributed by atoms with Gasteiger partial charge in [-0.05, 0) is 37.8 Å². The molecule has 1 N–H and O–H groups in total. The number of hydrogen-bond donors (Lipinski definition) is 1. The van der Waals surface area contributed by atoms with Crippen LogP contribution in [0.25, 0.3) is 0 Å². The fourth-order valence-corrected chi connectivity index (χ4v) is 5.36. The van der Waals surface area contributed by atoms with Crippen LogP contribution < -0.4 is 4.90 Å². The van der Waals surface area contributed by atoms with Crippen molar-refractivity contribution in [3.8, 4) is 0 Å². The van der Waals surface area contributed by atoms with Gasteiger partial charge in [-0.15, -0.1) is 0 Å². The van der Waals surface area contributed by atoms with Gasteiger partial charge in [-0.2, -0.15) is 4.37 Å². The van der Waals surface area contributed by atoms with Crippen LogP contribution in [0.15, 0.2) is 18.3 Å². The quantitative estimate of drug-likeness (QED) is 0.915. The number of carbonyl (C=O) groups is 1. The molecule has 2 fully saturated rings. The van der Waals surface area contributed by atoms with Gasteiger partial charge in [0.1, 0.15) is 11.5 Å². The Kier molecular flexibility index (Phi) is 4.06. The Bertz CT molecular complexity index is 745. The van der Waals surface area contributed by atoms with Crippen molar-refractivity contribution >= 4 is 22.6 Å². The van der Waals surface area contributed by atoms with Crippen LogP contribution >= 0.6 is 11.5 Å². The number of nitrogens with one attached hydrogen (secondary N) is 1. The van der Waals surface area contributed by atoms with E-state index < -0.39 is 0 Å². The molecule has 0 radical (unpaired) electrons. The Labute approximate surface area is 152 Å². The third-order valence-corrected chi connectivity index (χ3v) is 6.56. The summed E-state index contributed by atoms with van der Waals surface area (Å²) in [5.74, 6) is 1.54. The molecule has 0 aromatic carbocycles. The molecule has 25 heavy (non-hydrogen) atoms. The van der Waals surface area contributed by atoms with E-state index in [0.717, 1.165) is 43.4 Å². The second-order valence-electron chi connectivity index (χ2n) is 7.68. The number of hydrogen-bond acceptors (Lipinski definition) is 5. The van der Waals surface area contributed by atoms with Gasteiger partial charge >= 0.3 is 0 Å². The lowest BCUT2D eigenvalue weighted by Gasteiger charge is -2.62. The molecule has 0 aliphatic carbocycles. The maximum Gasteiger partial charge on any atom is 0.270 e. The van der Waals surface area contributed by atoms with Gasteiger partial charge < -0.3 is 14.8 Å². The zero-order valence-corrected chi connectivity index (χ0v) is 15.8. The van der Waals surface area contributed by atoms with Crippen LogP contribution in [0.1, 0.15) is 43.0 Å². The predicted molar refractivity (Wildman–Crippen MR) is 99.0 cm³/mol. The Hall–Kier alpha value is -1.89. The molecule has 2 aliphatic heterocycles. The Morgan fingerprint density at radius 3 is 2.72 bits per heavy atom. The summed E-state index contributed by atoms with van der Waals surface area (Å²) in [7, 11) is 0. The summed E-state index contributed by atoms with van der Waals surface area (Å²) in [4.78, 5) is 24.6. The molecule has 0 saturated carbocycles. The summed E-state index contributed by atoms with van der Waals surface area (Å²) in [6.07, 6.45) is 3.94. The number of H-pyrrole nitrogens is 1. The largest absolute Gasteiger partial charge is 0.357 e. The van der Waals surface area contributed by atoms with Crippen molar-refractivity contribution in [1.29, 1.82) is 0 Å². The molecule has 2 aromatic rings. The lowest BCUT2D eigenvalue weighted by Crippen LogP contribution is -2.69. The summed E-state index contributed by atoms with van der Waals surface area (Å²) in [6, 6.07) is 4.22. The van der Waals surface area contributed by atoms with E-state index in [1.807, 2.05) is 24.0 Å². The summed E-state index contributed by atoms with van der Waals surface area (Å²) in [5.41, 5.74) is 0.996. The molecule has 134 valence electrons. The third kappa shape index (κ3) is 2.74. The minimum Gasteiger partial charge on any atom is -0.357 e. The van der Waals surface area contributed by atoms with Gasteiger partial charge in [0.05, 0.1) is 0 Å². The Balaban J connectivity index is 1.46. The Morgan fingerprint density at radius 1 is 1.40 bits per heavy atom. The zero-order valence-electron chi connectivity index (χ0n) is 15.0.